The van der Waals surface area contributed by atoms with E-state index in [9.17, 15) is 0 Å². The number of nitrogens with zero attached hydrogens (tertiary/aromatic N) is 1. The second-order valence-electron chi connectivity index (χ2n) is 9.09. The van der Waals surface area contributed by atoms with Crippen LogP contribution in [0.3, 0.4) is 0 Å². The molecular formula is C23H34N+. The summed E-state index contributed by atoms with van der Waals surface area (Å²) in [4.78, 5) is 0. The van der Waals surface area contributed by atoms with Gasteiger partial charge in [0.25, 0.3) is 0 Å². The van der Waals surface area contributed by atoms with Crippen LogP contribution >= 0.6 is 0 Å². The molecule has 1 aromatic heterocycles. The third-order valence-corrected chi connectivity index (χ3v) is 4.92. The Morgan fingerprint density at radius 3 is 2.00 bits per heavy atom. The maximum atomic E-state index is 2.39. The van der Waals surface area contributed by atoms with E-state index >= 15 is 0 Å². The molecule has 0 bridgehead atoms. The van der Waals surface area contributed by atoms with Gasteiger partial charge in [0.15, 0.2) is 6.20 Å². The summed E-state index contributed by atoms with van der Waals surface area (Å²) in [5, 5.41) is 0. The Kier molecular flexibility index (Phi) is 4.95. The Morgan fingerprint density at radius 2 is 1.54 bits per heavy atom. The molecule has 0 aliphatic heterocycles. The van der Waals surface area contributed by atoms with Crippen LogP contribution in [-0.2, 0) is 24.3 Å². The molecule has 0 atom stereocenters. The molecule has 0 spiro atoms. The van der Waals surface area contributed by atoms with Gasteiger partial charge in [-0.2, -0.15) is 0 Å². The van der Waals surface area contributed by atoms with Crippen molar-refractivity contribution in [3.05, 3.63) is 52.7 Å². The van der Waals surface area contributed by atoms with Crippen molar-refractivity contribution in [3.8, 4) is 11.3 Å². The fourth-order valence-corrected chi connectivity index (χ4v) is 3.34. The summed E-state index contributed by atoms with van der Waals surface area (Å²) in [5.74, 6) is 0. The topological polar surface area (TPSA) is 3.88 Å². The summed E-state index contributed by atoms with van der Waals surface area (Å²) in [7, 11) is 2.17. The zero-order chi connectivity index (χ0) is 18.3. The molecule has 2 aromatic rings. The summed E-state index contributed by atoms with van der Waals surface area (Å²) >= 11 is 0. The molecule has 0 amide bonds. The van der Waals surface area contributed by atoms with Gasteiger partial charge in [-0.25, -0.2) is 4.57 Å². The van der Waals surface area contributed by atoms with Crippen molar-refractivity contribution in [1.29, 1.82) is 0 Å². The molecule has 1 heteroatoms. The second kappa shape index (κ2) is 6.35. The van der Waals surface area contributed by atoms with E-state index in [1.54, 1.807) is 0 Å². The fraction of sp³-hybridized carbons (Fsp3) is 0.522. The van der Waals surface area contributed by atoms with Crippen LogP contribution in [0, 0.1) is 6.92 Å². The van der Waals surface area contributed by atoms with E-state index in [2.05, 4.69) is 97.5 Å². The van der Waals surface area contributed by atoms with Crippen molar-refractivity contribution >= 4 is 0 Å². The summed E-state index contributed by atoms with van der Waals surface area (Å²) < 4.78 is 2.29. The summed E-state index contributed by atoms with van der Waals surface area (Å²) in [6.45, 7) is 18.2. The van der Waals surface area contributed by atoms with E-state index in [4.69, 9.17) is 0 Å². The second-order valence-corrected chi connectivity index (χ2v) is 9.09. The highest BCUT2D eigenvalue weighted by atomic mass is 14.9. The molecule has 0 saturated carbocycles. The van der Waals surface area contributed by atoms with Crippen LogP contribution in [0.2, 0.25) is 0 Å². The SMILES string of the molecule is CCc1cc(-c2ccc(C(C)(C)C)cc2C)[n+](C)cc1C(C)(C)C. The molecule has 1 aromatic carbocycles. The number of benzene rings is 1. The highest BCUT2D eigenvalue weighted by Gasteiger charge is 2.24. The van der Waals surface area contributed by atoms with Gasteiger partial charge in [0, 0.05) is 17.2 Å². The average Bonchev–Trinajstić information content (AvgIpc) is 2.45. The van der Waals surface area contributed by atoms with Crippen molar-refractivity contribution < 1.29 is 4.57 Å². The first-order chi connectivity index (χ1) is 10.9. The van der Waals surface area contributed by atoms with E-state index in [0.29, 0.717) is 0 Å². The summed E-state index contributed by atoms with van der Waals surface area (Å²) in [6, 6.07) is 9.31. The van der Waals surface area contributed by atoms with Crippen LogP contribution in [0.4, 0.5) is 0 Å². The number of pyridine rings is 1. The van der Waals surface area contributed by atoms with Gasteiger partial charge in [0.05, 0.1) is 0 Å². The number of rotatable bonds is 2. The van der Waals surface area contributed by atoms with Crippen LogP contribution in [-0.4, -0.2) is 0 Å². The maximum absolute atomic E-state index is 2.39. The molecule has 0 N–H and O–H groups in total. The molecule has 1 heterocycles. The lowest BCUT2D eigenvalue weighted by Crippen LogP contribution is -2.34. The summed E-state index contributed by atoms with van der Waals surface area (Å²) in [5.41, 5.74) is 8.65. The van der Waals surface area contributed by atoms with Crippen molar-refractivity contribution in [2.75, 3.05) is 0 Å². The number of hydrogen-bond donors (Lipinski definition) is 0. The van der Waals surface area contributed by atoms with Crippen LogP contribution in [0.15, 0.2) is 30.5 Å². The van der Waals surface area contributed by atoms with Crippen LogP contribution in [0.25, 0.3) is 11.3 Å². The molecule has 0 aliphatic rings. The number of aromatic nitrogens is 1. The first-order valence-corrected chi connectivity index (χ1v) is 9.09. The molecule has 2 rings (SSSR count). The molecule has 24 heavy (non-hydrogen) atoms. The predicted molar refractivity (Wildman–Crippen MR) is 105 cm³/mol. The van der Waals surface area contributed by atoms with Crippen molar-refractivity contribution in [2.24, 2.45) is 7.05 Å². The minimum Gasteiger partial charge on any atom is -0.201 e. The molecule has 1 nitrogen and oxygen atoms in total. The maximum Gasteiger partial charge on any atom is 0.212 e. The van der Waals surface area contributed by atoms with Crippen molar-refractivity contribution in [1.82, 2.24) is 0 Å². The molecule has 0 saturated heterocycles. The van der Waals surface area contributed by atoms with E-state index in [0.717, 1.165) is 6.42 Å². The minimum absolute atomic E-state index is 0.173. The Labute approximate surface area is 148 Å². The summed E-state index contributed by atoms with van der Waals surface area (Å²) in [6.07, 6.45) is 3.39. The monoisotopic (exact) mass is 324 g/mol. The standard InChI is InChI=1S/C23H34N/c1-10-17-14-21(24(9)15-20(17)23(6,7)8)19-12-11-18(13-16(19)2)22(3,4)5/h11-15H,10H2,1-9H3/q+1. The minimum atomic E-state index is 0.173. The number of aryl methyl sites for hydroxylation is 3. The normalized spacial score (nSPS) is 12.5. The molecule has 0 radical (unpaired) electrons. The Bertz CT molecular complexity index is 740. The van der Waals surface area contributed by atoms with Gasteiger partial charge in [0.2, 0.25) is 5.69 Å². The Morgan fingerprint density at radius 1 is 0.917 bits per heavy atom. The molecule has 0 aliphatic carbocycles. The zero-order valence-corrected chi connectivity index (χ0v) is 17.0. The van der Waals surface area contributed by atoms with E-state index in [-0.39, 0.29) is 10.8 Å². The van der Waals surface area contributed by atoms with E-state index in [1.165, 1.54) is 33.5 Å². The van der Waals surface area contributed by atoms with Crippen LogP contribution in [0.5, 0.6) is 0 Å². The number of hydrogen-bond acceptors (Lipinski definition) is 0. The first kappa shape index (κ1) is 18.7. The molecule has 0 unspecified atom stereocenters. The van der Waals surface area contributed by atoms with E-state index in [1.807, 2.05) is 0 Å². The van der Waals surface area contributed by atoms with Crippen molar-refractivity contribution in [3.63, 3.8) is 0 Å². The van der Waals surface area contributed by atoms with E-state index < -0.39 is 0 Å². The lowest BCUT2D eigenvalue weighted by Gasteiger charge is -2.22. The largest absolute Gasteiger partial charge is 0.212 e. The van der Waals surface area contributed by atoms with Gasteiger partial charge in [0.1, 0.15) is 7.05 Å². The first-order valence-electron chi connectivity index (χ1n) is 9.09. The van der Waals surface area contributed by atoms with Gasteiger partial charge in [-0.05, 0) is 46.9 Å². The lowest BCUT2D eigenvalue weighted by atomic mass is 9.83. The molecule has 130 valence electrons. The molecule has 0 fully saturated rings. The van der Waals surface area contributed by atoms with Crippen LogP contribution < -0.4 is 4.57 Å². The third kappa shape index (κ3) is 3.71. The predicted octanol–water partition coefficient (Wildman–Crippen LogP) is 5.64. The third-order valence-electron chi connectivity index (χ3n) is 4.92. The van der Waals surface area contributed by atoms with Gasteiger partial charge in [-0.1, -0.05) is 60.6 Å². The highest BCUT2D eigenvalue weighted by molar-refractivity contribution is 5.63. The van der Waals surface area contributed by atoms with Crippen LogP contribution in [0.1, 0.15) is 70.7 Å². The molecular weight excluding hydrogens is 290 g/mol. The Hall–Kier alpha value is -1.63. The highest BCUT2D eigenvalue weighted by Crippen LogP contribution is 2.31. The quantitative estimate of drug-likeness (QED) is 0.629. The smallest absolute Gasteiger partial charge is 0.201 e. The van der Waals surface area contributed by atoms with Crippen molar-refractivity contribution in [2.45, 2.75) is 72.6 Å². The van der Waals surface area contributed by atoms with Gasteiger partial charge in [-0.3, -0.25) is 0 Å². The average molecular weight is 325 g/mol. The fourth-order valence-electron chi connectivity index (χ4n) is 3.34. The van der Waals surface area contributed by atoms with Gasteiger partial charge >= 0.3 is 0 Å². The Balaban J connectivity index is 2.62. The zero-order valence-electron chi connectivity index (χ0n) is 17.0. The lowest BCUT2D eigenvalue weighted by molar-refractivity contribution is -0.661. The van der Waals surface area contributed by atoms with Gasteiger partial charge in [-0.15, -0.1) is 0 Å². The van der Waals surface area contributed by atoms with Gasteiger partial charge < -0.3 is 0 Å².